The lowest BCUT2D eigenvalue weighted by atomic mass is 10.2. The van der Waals surface area contributed by atoms with E-state index in [0.29, 0.717) is 5.76 Å². The van der Waals surface area contributed by atoms with Gasteiger partial charge in [0.25, 0.3) is 5.91 Å². The van der Waals surface area contributed by atoms with Gasteiger partial charge in [0.15, 0.2) is 5.69 Å². The first-order valence-electron chi connectivity index (χ1n) is 6.07. The SMILES string of the molecule is CCOC(=O)C(NC(=O)c1cc(C)on1)C(=O)OCC. The molecule has 1 amide bonds. The normalized spacial score (nSPS) is 10.2. The van der Waals surface area contributed by atoms with Crippen LogP contribution in [0.3, 0.4) is 0 Å². The molecule has 0 aromatic carbocycles. The molecule has 0 radical (unpaired) electrons. The molecule has 0 unspecified atom stereocenters. The number of nitrogens with zero attached hydrogens (tertiary/aromatic N) is 1. The van der Waals surface area contributed by atoms with Gasteiger partial charge in [-0.2, -0.15) is 0 Å². The summed E-state index contributed by atoms with van der Waals surface area (Å²) in [4.78, 5) is 35.1. The highest BCUT2D eigenvalue weighted by atomic mass is 16.6. The number of amides is 1. The molecule has 1 aromatic rings. The molecule has 0 aliphatic carbocycles. The Hall–Kier alpha value is -2.38. The van der Waals surface area contributed by atoms with Crippen LogP contribution in [0.5, 0.6) is 0 Å². The summed E-state index contributed by atoms with van der Waals surface area (Å²) in [6.45, 7) is 4.94. The zero-order valence-electron chi connectivity index (χ0n) is 11.5. The number of aryl methyl sites for hydroxylation is 1. The van der Waals surface area contributed by atoms with Gasteiger partial charge in [-0.3, -0.25) is 4.79 Å². The van der Waals surface area contributed by atoms with Crippen LogP contribution in [0.1, 0.15) is 30.1 Å². The standard InChI is InChI=1S/C12H16N2O6/c1-4-18-11(16)9(12(17)19-5-2)13-10(15)8-6-7(3)20-14-8/h6,9H,4-5H2,1-3H3,(H,13,15). The van der Waals surface area contributed by atoms with Crippen molar-refractivity contribution in [2.24, 2.45) is 0 Å². The van der Waals surface area contributed by atoms with Gasteiger partial charge in [-0.1, -0.05) is 5.16 Å². The quantitative estimate of drug-likeness (QED) is 0.587. The van der Waals surface area contributed by atoms with E-state index >= 15 is 0 Å². The Kier molecular flexibility index (Phi) is 5.70. The van der Waals surface area contributed by atoms with Gasteiger partial charge in [0.1, 0.15) is 5.76 Å². The van der Waals surface area contributed by atoms with Crippen molar-refractivity contribution in [2.45, 2.75) is 26.8 Å². The topological polar surface area (TPSA) is 108 Å². The smallest absolute Gasteiger partial charge is 0.340 e. The third-order valence-electron chi connectivity index (χ3n) is 2.18. The summed E-state index contributed by atoms with van der Waals surface area (Å²) in [6, 6.07) is -0.151. The Bertz CT molecular complexity index is 478. The van der Waals surface area contributed by atoms with Crippen LogP contribution in [-0.2, 0) is 19.1 Å². The van der Waals surface area contributed by atoms with Crippen LogP contribution in [0.2, 0.25) is 0 Å². The minimum atomic E-state index is -1.53. The average Bonchev–Trinajstić information content (AvgIpc) is 2.83. The molecule has 1 aromatic heterocycles. The number of ether oxygens (including phenoxy) is 2. The minimum absolute atomic E-state index is 0.0407. The van der Waals surface area contributed by atoms with Gasteiger partial charge in [0, 0.05) is 6.07 Å². The molecule has 0 bridgehead atoms. The average molecular weight is 284 g/mol. The molecule has 0 aliphatic heterocycles. The van der Waals surface area contributed by atoms with Crippen LogP contribution in [0, 0.1) is 6.92 Å². The molecule has 0 aliphatic rings. The number of hydrogen-bond acceptors (Lipinski definition) is 7. The van der Waals surface area contributed by atoms with E-state index in [9.17, 15) is 14.4 Å². The van der Waals surface area contributed by atoms with Gasteiger partial charge >= 0.3 is 11.9 Å². The Morgan fingerprint density at radius 2 is 1.80 bits per heavy atom. The van der Waals surface area contributed by atoms with Crippen LogP contribution < -0.4 is 5.32 Å². The lowest BCUT2D eigenvalue weighted by molar-refractivity contribution is -0.157. The molecule has 0 saturated heterocycles. The summed E-state index contributed by atoms with van der Waals surface area (Å²) in [5.74, 6) is -2.08. The van der Waals surface area contributed by atoms with E-state index in [1.54, 1.807) is 20.8 Å². The van der Waals surface area contributed by atoms with Crippen molar-refractivity contribution in [3.05, 3.63) is 17.5 Å². The number of carbonyl (C=O) groups excluding carboxylic acids is 3. The molecule has 0 spiro atoms. The molecule has 110 valence electrons. The van der Waals surface area contributed by atoms with Crippen molar-refractivity contribution in [3.8, 4) is 0 Å². The molecular weight excluding hydrogens is 268 g/mol. The molecular formula is C12H16N2O6. The van der Waals surface area contributed by atoms with Crippen LogP contribution >= 0.6 is 0 Å². The summed E-state index contributed by atoms with van der Waals surface area (Å²) >= 11 is 0. The molecule has 8 nitrogen and oxygen atoms in total. The zero-order valence-corrected chi connectivity index (χ0v) is 11.5. The highest BCUT2D eigenvalue weighted by Gasteiger charge is 2.32. The highest BCUT2D eigenvalue weighted by Crippen LogP contribution is 2.03. The van der Waals surface area contributed by atoms with E-state index < -0.39 is 23.9 Å². The first kappa shape index (κ1) is 15.7. The van der Waals surface area contributed by atoms with Gasteiger partial charge in [0.05, 0.1) is 13.2 Å². The third-order valence-corrected chi connectivity index (χ3v) is 2.18. The van der Waals surface area contributed by atoms with Crippen molar-refractivity contribution in [2.75, 3.05) is 13.2 Å². The molecule has 1 rings (SSSR count). The predicted molar refractivity (Wildman–Crippen MR) is 65.8 cm³/mol. The van der Waals surface area contributed by atoms with Crippen LogP contribution in [-0.4, -0.2) is 42.3 Å². The monoisotopic (exact) mass is 284 g/mol. The summed E-state index contributed by atoms with van der Waals surface area (Å²) in [7, 11) is 0. The first-order valence-corrected chi connectivity index (χ1v) is 6.07. The lowest BCUT2D eigenvalue weighted by Gasteiger charge is -2.14. The van der Waals surface area contributed by atoms with E-state index in [1.165, 1.54) is 6.07 Å². The van der Waals surface area contributed by atoms with E-state index in [0.717, 1.165) is 0 Å². The second kappa shape index (κ2) is 7.27. The molecule has 8 heteroatoms. The summed E-state index contributed by atoms with van der Waals surface area (Å²) in [6.07, 6.45) is 0. The molecule has 0 atom stereocenters. The Morgan fingerprint density at radius 3 is 2.20 bits per heavy atom. The van der Waals surface area contributed by atoms with Crippen LogP contribution in [0.25, 0.3) is 0 Å². The molecule has 20 heavy (non-hydrogen) atoms. The zero-order chi connectivity index (χ0) is 15.1. The maximum atomic E-state index is 11.8. The van der Waals surface area contributed by atoms with Crippen molar-refractivity contribution in [1.29, 1.82) is 0 Å². The number of rotatable bonds is 6. The summed E-state index contributed by atoms with van der Waals surface area (Å²) in [5.41, 5.74) is -0.0407. The van der Waals surface area contributed by atoms with Crippen molar-refractivity contribution >= 4 is 17.8 Å². The Balaban J connectivity index is 2.80. The minimum Gasteiger partial charge on any atom is -0.464 e. The van der Waals surface area contributed by atoms with E-state index in [1.807, 2.05) is 0 Å². The maximum Gasteiger partial charge on any atom is 0.340 e. The summed E-state index contributed by atoms with van der Waals surface area (Å²) in [5, 5.41) is 5.69. The maximum absolute atomic E-state index is 11.8. The molecule has 0 fully saturated rings. The van der Waals surface area contributed by atoms with E-state index in [4.69, 9.17) is 14.0 Å². The second-order valence-corrected chi connectivity index (χ2v) is 3.73. The number of nitrogens with one attached hydrogen (secondary N) is 1. The fourth-order valence-corrected chi connectivity index (χ4v) is 1.34. The van der Waals surface area contributed by atoms with Gasteiger partial charge in [-0.25, -0.2) is 9.59 Å². The van der Waals surface area contributed by atoms with Crippen molar-refractivity contribution in [1.82, 2.24) is 10.5 Å². The van der Waals surface area contributed by atoms with Crippen LogP contribution in [0.4, 0.5) is 0 Å². The van der Waals surface area contributed by atoms with Crippen molar-refractivity contribution in [3.63, 3.8) is 0 Å². The molecule has 1 N–H and O–H groups in total. The molecule has 0 saturated carbocycles. The number of esters is 2. The third kappa shape index (κ3) is 4.08. The van der Waals surface area contributed by atoms with E-state index in [2.05, 4.69) is 10.5 Å². The number of hydrogen-bond donors (Lipinski definition) is 1. The fraction of sp³-hybridized carbons (Fsp3) is 0.500. The van der Waals surface area contributed by atoms with Crippen molar-refractivity contribution < 1.29 is 28.4 Å². The number of aromatic nitrogens is 1. The highest BCUT2D eigenvalue weighted by molar-refractivity contribution is 6.05. The molecule has 1 heterocycles. The lowest BCUT2D eigenvalue weighted by Crippen LogP contribution is -2.48. The van der Waals surface area contributed by atoms with Gasteiger partial charge in [0.2, 0.25) is 6.04 Å². The Labute approximate surface area is 115 Å². The summed E-state index contributed by atoms with van der Waals surface area (Å²) < 4.78 is 14.2. The largest absolute Gasteiger partial charge is 0.464 e. The van der Waals surface area contributed by atoms with Gasteiger partial charge in [-0.05, 0) is 20.8 Å². The van der Waals surface area contributed by atoms with Gasteiger partial charge < -0.3 is 19.3 Å². The van der Waals surface area contributed by atoms with Crippen LogP contribution in [0.15, 0.2) is 10.6 Å². The number of carbonyl (C=O) groups is 3. The second-order valence-electron chi connectivity index (χ2n) is 3.73. The predicted octanol–water partition coefficient (Wildman–Crippen LogP) is 0.208. The fourth-order valence-electron chi connectivity index (χ4n) is 1.34. The van der Waals surface area contributed by atoms with Gasteiger partial charge in [-0.15, -0.1) is 0 Å². The Morgan fingerprint density at radius 1 is 1.25 bits per heavy atom. The van der Waals surface area contributed by atoms with E-state index in [-0.39, 0.29) is 18.9 Å². The first-order chi connectivity index (χ1) is 9.49.